The number of benzene rings is 1. The summed E-state index contributed by atoms with van der Waals surface area (Å²) in [5.74, 6) is 0.583. The van der Waals surface area contributed by atoms with Gasteiger partial charge in [-0.25, -0.2) is 0 Å². The van der Waals surface area contributed by atoms with Gasteiger partial charge in [0.1, 0.15) is 12.4 Å². The molecule has 1 aliphatic carbocycles. The summed E-state index contributed by atoms with van der Waals surface area (Å²) < 4.78 is 5.59. The van der Waals surface area contributed by atoms with E-state index >= 15 is 0 Å². The first-order valence-corrected chi connectivity index (χ1v) is 7.31. The molecular weight excluding hydrogens is 293 g/mol. The molecule has 0 saturated heterocycles. The Hall–Kier alpha value is -0.150. The van der Waals surface area contributed by atoms with Gasteiger partial charge >= 0.3 is 0 Å². The van der Waals surface area contributed by atoms with Crippen molar-refractivity contribution in [1.82, 2.24) is 5.32 Å². The standard InChI is InChI=1S/C13H16Cl3NO/c14-10-7-12(16)13(8-11(10)15)18-6-5-17-9-3-1-2-4-9/h7-9,17H,1-6H2. The van der Waals surface area contributed by atoms with Gasteiger partial charge in [-0.15, -0.1) is 0 Å². The average molecular weight is 309 g/mol. The minimum atomic E-state index is 0.443. The molecule has 1 fully saturated rings. The molecule has 5 heteroatoms. The van der Waals surface area contributed by atoms with Crippen molar-refractivity contribution in [1.29, 1.82) is 0 Å². The van der Waals surface area contributed by atoms with Crippen molar-refractivity contribution in [2.24, 2.45) is 0 Å². The van der Waals surface area contributed by atoms with Gasteiger partial charge in [-0.2, -0.15) is 0 Å². The maximum atomic E-state index is 6.02. The highest BCUT2D eigenvalue weighted by Gasteiger charge is 2.13. The van der Waals surface area contributed by atoms with Crippen LogP contribution in [0.4, 0.5) is 0 Å². The Balaban J connectivity index is 1.77. The molecule has 0 bridgehead atoms. The Kier molecular flexibility index (Phi) is 5.43. The third kappa shape index (κ3) is 3.92. The Morgan fingerprint density at radius 3 is 2.44 bits per heavy atom. The summed E-state index contributed by atoms with van der Waals surface area (Å²) in [5, 5.41) is 4.86. The Morgan fingerprint density at radius 1 is 1.06 bits per heavy atom. The molecule has 0 atom stereocenters. The first-order chi connectivity index (χ1) is 8.66. The highest BCUT2D eigenvalue weighted by atomic mass is 35.5. The van der Waals surface area contributed by atoms with E-state index in [1.54, 1.807) is 12.1 Å². The highest BCUT2D eigenvalue weighted by Crippen LogP contribution is 2.33. The number of ether oxygens (including phenoxy) is 1. The molecule has 0 unspecified atom stereocenters. The number of hydrogen-bond acceptors (Lipinski definition) is 2. The normalized spacial score (nSPS) is 16.2. The Morgan fingerprint density at radius 2 is 1.72 bits per heavy atom. The van der Waals surface area contributed by atoms with E-state index in [1.165, 1.54) is 25.7 Å². The molecule has 1 N–H and O–H groups in total. The van der Waals surface area contributed by atoms with Gasteiger partial charge in [0.25, 0.3) is 0 Å². The quantitative estimate of drug-likeness (QED) is 0.636. The summed E-state index contributed by atoms with van der Waals surface area (Å²) in [5.41, 5.74) is 0. The van der Waals surface area contributed by atoms with E-state index < -0.39 is 0 Å². The van der Waals surface area contributed by atoms with Crippen LogP contribution in [0.25, 0.3) is 0 Å². The number of halogens is 3. The maximum Gasteiger partial charge on any atom is 0.139 e. The van der Waals surface area contributed by atoms with Gasteiger partial charge in [0.05, 0.1) is 15.1 Å². The number of rotatable bonds is 5. The van der Waals surface area contributed by atoms with Crippen LogP contribution < -0.4 is 10.1 Å². The smallest absolute Gasteiger partial charge is 0.139 e. The van der Waals surface area contributed by atoms with E-state index in [9.17, 15) is 0 Å². The van der Waals surface area contributed by atoms with Crippen molar-refractivity contribution in [2.45, 2.75) is 31.7 Å². The second kappa shape index (κ2) is 6.85. The van der Waals surface area contributed by atoms with Crippen LogP contribution in [0.5, 0.6) is 5.75 Å². The van der Waals surface area contributed by atoms with E-state index in [2.05, 4.69) is 5.32 Å². The van der Waals surface area contributed by atoms with E-state index in [0.29, 0.717) is 33.5 Å². The highest BCUT2D eigenvalue weighted by molar-refractivity contribution is 6.43. The lowest BCUT2D eigenvalue weighted by atomic mass is 10.2. The van der Waals surface area contributed by atoms with Crippen LogP contribution in [-0.4, -0.2) is 19.2 Å². The molecule has 1 aromatic carbocycles. The van der Waals surface area contributed by atoms with Crippen LogP contribution in [0.15, 0.2) is 12.1 Å². The van der Waals surface area contributed by atoms with Gasteiger partial charge in [0.15, 0.2) is 0 Å². The van der Waals surface area contributed by atoms with Crippen molar-refractivity contribution < 1.29 is 4.74 Å². The van der Waals surface area contributed by atoms with Gasteiger partial charge in [-0.3, -0.25) is 0 Å². The van der Waals surface area contributed by atoms with Crippen molar-refractivity contribution >= 4 is 34.8 Å². The molecule has 2 nitrogen and oxygen atoms in total. The summed E-state index contributed by atoms with van der Waals surface area (Å²) in [6, 6.07) is 3.91. The topological polar surface area (TPSA) is 21.3 Å². The fourth-order valence-corrected chi connectivity index (χ4v) is 2.76. The zero-order valence-corrected chi connectivity index (χ0v) is 12.3. The molecule has 100 valence electrons. The predicted octanol–water partition coefficient (Wildman–Crippen LogP) is 4.56. The zero-order chi connectivity index (χ0) is 13.0. The molecule has 0 aromatic heterocycles. The summed E-state index contributed by atoms with van der Waals surface area (Å²) in [7, 11) is 0. The van der Waals surface area contributed by atoms with E-state index in [0.717, 1.165) is 6.54 Å². The third-order valence-electron chi connectivity index (χ3n) is 3.12. The van der Waals surface area contributed by atoms with Crippen molar-refractivity contribution in [3.63, 3.8) is 0 Å². The minimum Gasteiger partial charge on any atom is -0.491 e. The summed E-state index contributed by atoms with van der Waals surface area (Å²) in [6.45, 7) is 1.40. The lowest BCUT2D eigenvalue weighted by Gasteiger charge is -2.13. The van der Waals surface area contributed by atoms with Crippen LogP contribution in [0.1, 0.15) is 25.7 Å². The van der Waals surface area contributed by atoms with Crippen molar-refractivity contribution in [3.05, 3.63) is 27.2 Å². The molecule has 2 rings (SSSR count). The van der Waals surface area contributed by atoms with Gasteiger partial charge in [0, 0.05) is 18.7 Å². The van der Waals surface area contributed by atoms with Crippen LogP contribution in [0, 0.1) is 0 Å². The maximum absolute atomic E-state index is 6.02. The van der Waals surface area contributed by atoms with Crippen LogP contribution in [0.2, 0.25) is 15.1 Å². The molecule has 1 aromatic rings. The molecule has 18 heavy (non-hydrogen) atoms. The van der Waals surface area contributed by atoms with Crippen LogP contribution in [-0.2, 0) is 0 Å². The molecule has 0 heterocycles. The average Bonchev–Trinajstić information content (AvgIpc) is 2.84. The minimum absolute atomic E-state index is 0.443. The van der Waals surface area contributed by atoms with Crippen molar-refractivity contribution in [2.75, 3.05) is 13.2 Å². The second-order valence-corrected chi connectivity index (χ2v) is 5.70. The Labute approximate surface area is 123 Å². The van der Waals surface area contributed by atoms with E-state index in [4.69, 9.17) is 39.5 Å². The van der Waals surface area contributed by atoms with Crippen LogP contribution in [0.3, 0.4) is 0 Å². The molecule has 0 radical (unpaired) electrons. The first-order valence-electron chi connectivity index (χ1n) is 6.17. The van der Waals surface area contributed by atoms with Gasteiger partial charge in [0.2, 0.25) is 0 Å². The fourth-order valence-electron chi connectivity index (χ4n) is 2.17. The fraction of sp³-hybridized carbons (Fsp3) is 0.538. The van der Waals surface area contributed by atoms with Crippen LogP contribution >= 0.6 is 34.8 Å². The molecule has 1 saturated carbocycles. The molecule has 0 spiro atoms. The molecule has 0 aliphatic heterocycles. The summed E-state index contributed by atoms with van der Waals surface area (Å²) in [4.78, 5) is 0. The zero-order valence-electron chi connectivity index (χ0n) is 10.0. The molecule has 1 aliphatic rings. The van der Waals surface area contributed by atoms with Crippen molar-refractivity contribution in [3.8, 4) is 5.75 Å². The predicted molar refractivity (Wildman–Crippen MR) is 77.2 cm³/mol. The monoisotopic (exact) mass is 307 g/mol. The lowest BCUT2D eigenvalue weighted by molar-refractivity contribution is 0.305. The molecular formula is C13H16Cl3NO. The second-order valence-electron chi connectivity index (χ2n) is 4.48. The lowest BCUT2D eigenvalue weighted by Crippen LogP contribution is -2.30. The largest absolute Gasteiger partial charge is 0.491 e. The summed E-state index contributed by atoms with van der Waals surface area (Å²) >= 11 is 17.8. The van der Waals surface area contributed by atoms with E-state index in [1.807, 2.05) is 0 Å². The third-order valence-corrected chi connectivity index (χ3v) is 4.14. The van der Waals surface area contributed by atoms with Gasteiger partial charge in [-0.05, 0) is 18.9 Å². The van der Waals surface area contributed by atoms with Gasteiger partial charge < -0.3 is 10.1 Å². The SMILES string of the molecule is Clc1cc(Cl)c(OCCNC2CCCC2)cc1Cl. The van der Waals surface area contributed by atoms with Gasteiger partial charge in [-0.1, -0.05) is 47.6 Å². The summed E-state index contributed by atoms with van der Waals surface area (Å²) in [6.07, 6.45) is 5.20. The van der Waals surface area contributed by atoms with E-state index in [-0.39, 0.29) is 0 Å². The molecule has 0 amide bonds. The first kappa shape index (κ1) is 14.3. The number of nitrogens with one attached hydrogen (secondary N) is 1. The Bertz CT molecular complexity index is 405. The number of hydrogen-bond donors (Lipinski definition) is 1.